The number of nitrogens with zero attached hydrogens (tertiary/aromatic N) is 1. The van der Waals surface area contributed by atoms with Crippen molar-refractivity contribution < 1.29 is 19.5 Å². The lowest BCUT2D eigenvalue weighted by Gasteiger charge is -2.25. The van der Waals surface area contributed by atoms with Gasteiger partial charge in [-0.2, -0.15) is 0 Å². The smallest absolute Gasteiger partial charge is 0.337 e. The van der Waals surface area contributed by atoms with Gasteiger partial charge in [-0.15, -0.1) is 0 Å². The molecule has 7 nitrogen and oxygen atoms in total. The molecular weight excluding hydrogens is 298 g/mol. The molecule has 1 rings (SSSR count). The quantitative estimate of drug-likeness (QED) is 0.768. The number of nitrogens with one attached hydrogen (secondary N) is 1. The van der Waals surface area contributed by atoms with E-state index in [1.807, 2.05) is 0 Å². The predicted molar refractivity (Wildman–Crippen MR) is 78.5 cm³/mol. The first kappa shape index (κ1) is 16.8. The number of carbonyl (C=O) groups excluding carboxylic acids is 2. The first-order valence-corrected chi connectivity index (χ1v) is 6.49. The second-order valence-electron chi connectivity index (χ2n) is 4.62. The number of carbonyl (C=O) groups is 3. The molecule has 0 bridgehead atoms. The van der Waals surface area contributed by atoms with Gasteiger partial charge < -0.3 is 21.1 Å². The summed E-state index contributed by atoms with van der Waals surface area (Å²) in [7, 11) is 0. The zero-order chi connectivity index (χ0) is 16.2. The van der Waals surface area contributed by atoms with Gasteiger partial charge in [0.1, 0.15) is 6.54 Å². The van der Waals surface area contributed by atoms with Crippen molar-refractivity contribution in [2.45, 2.75) is 19.9 Å². The van der Waals surface area contributed by atoms with E-state index in [1.165, 1.54) is 23.1 Å². The van der Waals surface area contributed by atoms with Crippen molar-refractivity contribution in [2.24, 2.45) is 5.73 Å². The first-order valence-electron chi connectivity index (χ1n) is 6.11. The Hall–Kier alpha value is -2.28. The summed E-state index contributed by atoms with van der Waals surface area (Å²) in [5.41, 5.74) is 5.35. The number of hydrogen-bond acceptors (Lipinski definition) is 3. The highest BCUT2D eigenvalue weighted by Gasteiger charge is 2.19. The summed E-state index contributed by atoms with van der Waals surface area (Å²) in [6, 6.07) is 3.27. The summed E-state index contributed by atoms with van der Waals surface area (Å²) in [6.07, 6.45) is 0. The summed E-state index contributed by atoms with van der Waals surface area (Å²) < 4.78 is 0. The number of carboxylic acids is 1. The van der Waals surface area contributed by atoms with Gasteiger partial charge in [-0.05, 0) is 32.0 Å². The van der Waals surface area contributed by atoms with Crippen LogP contribution in [0.1, 0.15) is 24.2 Å². The van der Waals surface area contributed by atoms with Crippen LogP contribution in [0.15, 0.2) is 18.2 Å². The Kier molecular flexibility index (Phi) is 5.54. The monoisotopic (exact) mass is 313 g/mol. The first-order chi connectivity index (χ1) is 9.72. The highest BCUT2D eigenvalue weighted by Crippen LogP contribution is 2.21. The van der Waals surface area contributed by atoms with Gasteiger partial charge in [-0.1, -0.05) is 11.6 Å². The summed E-state index contributed by atoms with van der Waals surface area (Å²) >= 11 is 5.81. The van der Waals surface area contributed by atoms with Gasteiger partial charge in [0.15, 0.2) is 0 Å². The standard InChI is InChI=1S/C13H16ClN3O4/c1-7(2)17(6-11(15)18)13(21)16-8-3-4-9(12(19)20)10(14)5-8/h3-5,7H,6H2,1-2H3,(H2,15,18)(H,16,21)(H,19,20). The molecule has 0 saturated heterocycles. The third-order valence-corrected chi connectivity index (χ3v) is 2.97. The fourth-order valence-corrected chi connectivity index (χ4v) is 1.88. The van der Waals surface area contributed by atoms with Gasteiger partial charge in [-0.25, -0.2) is 9.59 Å². The molecule has 0 atom stereocenters. The Morgan fingerprint density at radius 3 is 2.43 bits per heavy atom. The fraction of sp³-hybridized carbons (Fsp3) is 0.308. The lowest BCUT2D eigenvalue weighted by Crippen LogP contribution is -2.44. The van der Waals surface area contributed by atoms with Crippen LogP contribution in [0.25, 0.3) is 0 Å². The van der Waals surface area contributed by atoms with E-state index in [0.29, 0.717) is 5.69 Å². The molecule has 0 aromatic heterocycles. The number of anilines is 1. The van der Waals surface area contributed by atoms with Crippen LogP contribution in [0, 0.1) is 0 Å². The molecule has 114 valence electrons. The highest BCUT2D eigenvalue weighted by atomic mass is 35.5. The van der Waals surface area contributed by atoms with Crippen molar-refractivity contribution in [3.8, 4) is 0 Å². The number of primary amides is 1. The van der Waals surface area contributed by atoms with E-state index in [-0.39, 0.29) is 23.2 Å². The molecule has 1 aromatic rings. The van der Waals surface area contributed by atoms with E-state index in [9.17, 15) is 14.4 Å². The fourth-order valence-electron chi connectivity index (χ4n) is 1.62. The van der Waals surface area contributed by atoms with Crippen LogP contribution in [0.4, 0.5) is 10.5 Å². The summed E-state index contributed by atoms with van der Waals surface area (Å²) in [5.74, 6) is -1.78. The predicted octanol–water partition coefficient (Wildman–Crippen LogP) is 1.77. The van der Waals surface area contributed by atoms with Crippen molar-refractivity contribution >= 4 is 35.2 Å². The molecule has 0 radical (unpaired) electrons. The maximum absolute atomic E-state index is 12.1. The Bertz CT molecular complexity index is 575. The minimum atomic E-state index is -1.16. The zero-order valence-corrected chi connectivity index (χ0v) is 12.3. The molecule has 0 heterocycles. The summed E-state index contributed by atoms with van der Waals surface area (Å²) in [5, 5.41) is 11.4. The Morgan fingerprint density at radius 2 is 2.00 bits per heavy atom. The van der Waals surface area contributed by atoms with Crippen molar-refractivity contribution in [2.75, 3.05) is 11.9 Å². The molecule has 21 heavy (non-hydrogen) atoms. The number of amides is 3. The molecule has 0 unspecified atom stereocenters. The Balaban J connectivity index is 2.89. The Labute approximate surface area is 126 Å². The lowest BCUT2D eigenvalue weighted by atomic mass is 10.2. The molecule has 0 aliphatic heterocycles. The summed E-state index contributed by atoms with van der Waals surface area (Å²) in [4.78, 5) is 35.1. The number of hydrogen-bond donors (Lipinski definition) is 3. The van der Waals surface area contributed by atoms with Gasteiger partial charge in [0.2, 0.25) is 5.91 Å². The van der Waals surface area contributed by atoms with E-state index >= 15 is 0 Å². The number of benzene rings is 1. The average molecular weight is 314 g/mol. The maximum atomic E-state index is 12.1. The molecule has 8 heteroatoms. The van der Waals surface area contributed by atoms with E-state index in [0.717, 1.165) is 0 Å². The average Bonchev–Trinajstić information content (AvgIpc) is 2.34. The van der Waals surface area contributed by atoms with Crippen LogP contribution in [0.3, 0.4) is 0 Å². The van der Waals surface area contributed by atoms with Crippen molar-refractivity contribution in [3.63, 3.8) is 0 Å². The van der Waals surface area contributed by atoms with Gasteiger partial charge in [0, 0.05) is 11.7 Å². The molecule has 0 fully saturated rings. The molecule has 0 aliphatic rings. The van der Waals surface area contributed by atoms with Crippen LogP contribution < -0.4 is 11.1 Å². The third-order valence-electron chi connectivity index (χ3n) is 2.66. The minimum Gasteiger partial charge on any atom is -0.478 e. The van der Waals surface area contributed by atoms with Crippen LogP contribution in [-0.4, -0.2) is 40.5 Å². The van der Waals surface area contributed by atoms with Crippen LogP contribution >= 0.6 is 11.6 Å². The van der Waals surface area contributed by atoms with Gasteiger partial charge >= 0.3 is 12.0 Å². The molecule has 0 spiro atoms. The van der Waals surface area contributed by atoms with E-state index in [1.54, 1.807) is 13.8 Å². The second kappa shape index (κ2) is 6.94. The SMILES string of the molecule is CC(C)N(CC(N)=O)C(=O)Nc1ccc(C(=O)O)c(Cl)c1. The van der Waals surface area contributed by atoms with Crippen molar-refractivity contribution in [1.82, 2.24) is 4.90 Å². The lowest BCUT2D eigenvalue weighted by molar-refractivity contribution is -0.118. The molecule has 3 amide bonds. The van der Waals surface area contributed by atoms with Crippen LogP contribution in [0.2, 0.25) is 5.02 Å². The number of aromatic carboxylic acids is 1. The number of nitrogens with two attached hydrogens (primary N) is 1. The second-order valence-corrected chi connectivity index (χ2v) is 5.03. The van der Waals surface area contributed by atoms with E-state index in [4.69, 9.17) is 22.4 Å². The van der Waals surface area contributed by atoms with Crippen LogP contribution in [-0.2, 0) is 4.79 Å². The Morgan fingerprint density at radius 1 is 1.38 bits per heavy atom. The number of rotatable bonds is 5. The molecular formula is C13H16ClN3O4. The number of halogens is 1. The number of carboxylic acid groups (broad SMARTS) is 1. The maximum Gasteiger partial charge on any atom is 0.337 e. The minimum absolute atomic E-state index is 0.00583. The zero-order valence-electron chi connectivity index (χ0n) is 11.6. The molecule has 0 saturated carbocycles. The molecule has 1 aromatic carbocycles. The topological polar surface area (TPSA) is 113 Å². The molecule has 4 N–H and O–H groups in total. The van der Waals surface area contributed by atoms with Crippen molar-refractivity contribution in [1.29, 1.82) is 0 Å². The highest BCUT2D eigenvalue weighted by molar-refractivity contribution is 6.33. The van der Waals surface area contributed by atoms with Crippen molar-refractivity contribution in [3.05, 3.63) is 28.8 Å². The normalized spacial score (nSPS) is 10.3. The van der Waals surface area contributed by atoms with Gasteiger partial charge in [0.05, 0.1) is 10.6 Å². The van der Waals surface area contributed by atoms with E-state index < -0.39 is 17.9 Å². The largest absolute Gasteiger partial charge is 0.478 e. The molecule has 0 aliphatic carbocycles. The van der Waals surface area contributed by atoms with Gasteiger partial charge in [0.25, 0.3) is 0 Å². The van der Waals surface area contributed by atoms with E-state index in [2.05, 4.69) is 5.32 Å². The number of urea groups is 1. The van der Waals surface area contributed by atoms with Gasteiger partial charge in [-0.3, -0.25) is 4.79 Å². The third kappa shape index (κ3) is 4.64. The van der Waals surface area contributed by atoms with Crippen LogP contribution in [0.5, 0.6) is 0 Å². The summed E-state index contributed by atoms with van der Waals surface area (Å²) in [6.45, 7) is 3.26.